The topological polar surface area (TPSA) is 83.1 Å². The number of esters is 1. The van der Waals surface area contributed by atoms with Crippen LogP contribution in [-0.2, 0) is 27.3 Å². The molecule has 144 valence electrons. The van der Waals surface area contributed by atoms with E-state index in [4.69, 9.17) is 18.9 Å². The summed E-state index contributed by atoms with van der Waals surface area (Å²) in [6.45, 7) is 0.0419. The molecule has 0 atom stereocenters. The Labute approximate surface area is 158 Å². The van der Waals surface area contributed by atoms with Gasteiger partial charge in [0.2, 0.25) is 5.75 Å². The smallest absolute Gasteiger partial charge is 0.310 e. The van der Waals surface area contributed by atoms with Gasteiger partial charge in [0, 0.05) is 6.54 Å². The lowest BCUT2D eigenvalue weighted by molar-refractivity contribution is -0.147. The number of ether oxygens (including phenoxy) is 4. The zero-order valence-corrected chi connectivity index (χ0v) is 15.6. The molecule has 0 fully saturated rings. The molecule has 7 heteroatoms. The molecule has 0 saturated heterocycles. The fraction of sp³-hybridized carbons (Fsp3) is 0.300. The molecule has 0 unspecified atom stereocenters. The van der Waals surface area contributed by atoms with Crippen molar-refractivity contribution in [2.75, 3.05) is 27.9 Å². The molecule has 0 aliphatic heterocycles. The van der Waals surface area contributed by atoms with Gasteiger partial charge in [-0.25, -0.2) is 0 Å². The standard InChI is InChI=1S/C20H23NO6/c1-24-16-9-15(10-17(25-2)20(16)26-3)11-19(23)27-13-18(22)21-12-14-7-5-4-6-8-14/h4-10H,11-13H2,1-3H3,(H,21,22). The Hall–Kier alpha value is -3.22. The predicted molar refractivity (Wildman–Crippen MR) is 99.0 cm³/mol. The van der Waals surface area contributed by atoms with Crippen LogP contribution in [0.1, 0.15) is 11.1 Å². The molecule has 2 aromatic carbocycles. The molecule has 0 aromatic heterocycles. The van der Waals surface area contributed by atoms with Crippen molar-refractivity contribution in [2.45, 2.75) is 13.0 Å². The molecule has 7 nitrogen and oxygen atoms in total. The van der Waals surface area contributed by atoms with Crippen LogP contribution in [0.5, 0.6) is 17.2 Å². The van der Waals surface area contributed by atoms with Crippen molar-refractivity contribution in [2.24, 2.45) is 0 Å². The number of hydrogen-bond donors (Lipinski definition) is 1. The van der Waals surface area contributed by atoms with Gasteiger partial charge in [-0.1, -0.05) is 30.3 Å². The fourth-order valence-electron chi connectivity index (χ4n) is 2.45. The number of hydrogen-bond acceptors (Lipinski definition) is 6. The largest absolute Gasteiger partial charge is 0.493 e. The SMILES string of the molecule is COc1cc(CC(=O)OCC(=O)NCc2ccccc2)cc(OC)c1OC. The van der Waals surface area contributed by atoms with Crippen molar-refractivity contribution in [3.8, 4) is 17.2 Å². The Balaban J connectivity index is 1.87. The molecule has 2 aromatic rings. The summed E-state index contributed by atoms with van der Waals surface area (Å²) in [6, 6.07) is 12.8. The van der Waals surface area contributed by atoms with E-state index in [0.717, 1.165) is 5.56 Å². The van der Waals surface area contributed by atoms with Crippen LogP contribution in [0.15, 0.2) is 42.5 Å². The minimum Gasteiger partial charge on any atom is -0.493 e. The minimum atomic E-state index is -0.529. The number of amides is 1. The van der Waals surface area contributed by atoms with E-state index in [0.29, 0.717) is 29.4 Å². The van der Waals surface area contributed by atoms with Crippen LogP contribution >= 0.6 is 0 Å². The molecule has 0 bridgehead atoms. The number of methoxy groups -OCH3 is 3. The number of nitrogens with one attached hydrogen (secondary N) is 1. The molecule has 2 rings (SSSR count). The van der Waals surface area contributed by atoms with Crippen molar-refractivity contribution in [1.82, 2.24) is 5.32 Å². The number of rotatable bonds is 9. The highest BCUT2D eigenvalue weighted by atomic mass is 16.5. The molecule has 0 saturated carbocycles. The highest BCUT2D eigenvalue weighted by Gasteiger charge is 2.16. The van der Waals surface area contributed by atoms with Crippen LogP contribution in [0, 0.1) is 0 Å². The van der Waals surface area contributed by atoms with Crippen LogP contribution in [0.4, 0.5) is 0 Å². The molecule has 0 spiro atoms. The van der Waals surface area contributed by atoms with Crippen LogP contribution in [0.25, 0.3) is 0 Å². The fourth-order valence-corrected chi connectivity index (χ4v) is 2.45. The van der Waals surface area contributed by atoms with E-state index in [-0.39, 0.29) is 18.9 Å². The van der Waals surface area contributed by atoms with Gasteiger partial charge in [0.25, 0.3) is 5.91 Å². The van der Waals surface area contributed by atoms with Gasteiger partial charge in [-0.05, 0) is 23.3 Å². The van der Waals surface area contributed by atoms with E-state index in [9.17, 15) is 9.59 Å². The molecule has 1 N–H and O–H groups in total. The van der Waals surface area contributed by atoms with Gasteiger partial charge in [0.05, 0.1) is 27.8 Å². The molecule has 0 aliphatic carbocycles. The summed E-state index contributed by atoms with van der Waals surface area (Å²) in [6.07, 6.45) is -0.0251. The third-order valence-electron chi connectivity index (χ3n) is 3.77. The van der Waals surface area contributed by atoms with E-state index < -0.39 is 5.97 Å². The van der Waals surface area contributed by atoms with Crippen LogP contribution in [0.3, 0.4) is 0 Å². The van der Waals surface area contributed by atoms with Crippen molar-refractivity contribution in [3.05, 3.63) is 53.6 Å². The summed E-state index contributed by atoms with van der Waals surface area (Å²) < 4.78 is 20.8. The Morgan fingerprint density at radius 3 is 2.07 bits per heavy atom. The summed E-state index contributed by atoms with van der Waals surface area (Å²) >= 11 is 0. The van der Waals surface area contributed by atoms with Gasteiger partial charge in [-0.15, -0.1) is 0 Å². The summed E-state index contributed by atoms with van der Waals surface area (Å²) in [5.41, 5.74) is 1.59. The second kappa shape index (κ2) is 10.1. The number of carbonyl (C=O) groups excluding carboxylic acids is 2. The third-order valence-corrected chi connectivity index (χ3v) is 3.77. The van der Waals surface area contributed by atoms with Gasteiger partial charge in [0.1, 0.15) is 0 Å². The summed E-state index contributed by atoms with van der Waals surface area (Å²) in [5, 5.41) is 2.70. The first-order valence-electron chi connectivity index (χ1n) is 8.32. The first-order chi connectivity index (χ1) is 13.1. The van der Waals surface area contributed by atoms with Crippen molar-refractivity contribution in [1.29, 1.82) is 0 Å². The van der Waals surface area contributed by atoms with E-state index >= 15 is 0 Å². The van der Waals surface area contributed by atoms with Gasteiger partial charge >= 0.3 is 5.97 Å². The quantitative estimate of drug-likeness (QED) is 0.678. The van der Waals surface area contributed by atoms with Crippen molar-refractivity contribution >= 4 is 11.9 Å². The lowest BCUT2D eigenvalue weighted by atomic mass is 10.1. The zero-order valence-electron chi connectivity index (χ0n) is 15.6. The van der Waals surface area contributed by atoms with Crippen molar-refractivity contribution < 1.29 is 28.5 Å². The van der Waals surface area contributed by atoms with Gasteiger partial charge in [-0.2, -0.15) is 0 Å². The van der Waals surface area contributed by atoms with Gasteiger partial charge in [-0.3, -0.25) is 9.59 Å². The second-order valence-corrected chi connectivity index (χ2v) is 5.63. The Bertz CT molecular complexity index is 750. The van der Waals surface area contributed by atoms with Crippen LogP contribution < -0.4 is 19.5 Å². The lowest BCUT2D eigenvalue weighted by Gasteiger charge is -2.14. The Morgan fingerprint density at radius 2 is 1.52 bits per heavy atom. The lowest BCUT2D eigenvalue weighted by Crippen LogP contribution is -2.28. The maximum Gasteiger partial charge on any atom is 0.310 e. The second-order valence-electron chi connectivity index (χ2n) is 5.63. The van der Waals surface area contributed by atoms with E-state index in [2.05, 4.69) is 5.32 Å². The van der Waals surface area contributed by atoms with Gasteiger partial charge in [0.15, 0.2) is 18.1 Å². The Morgan fingerprint density at radius 1 is 0.889 bits per heavy atom. The monoisotopic (exact) mass is 373 g/mol. The molecular weight excluding hydrogens is 350 g/mol. The first kappa shape index (κ1) is 20.1. The van der Waals surface area contributed by atoms with E-state index in [1.807, 2.05) is 30.3 Å². The van der Waals surface area contributed by atoms with Crippen LogP contribution in [0.2, 0.25) is 0 Å². The molecule has 0 aliphatic rings. The maximum absolute atomic E-state index is 12.0. The summed E-state index contributed by atoms with van der Waals surface area (Å²) in [4.78, 5) is 23.8. The van der Waals surface area contributed by atoms with E-state index in [1.54, 1.807) is 12.1 Å². The zero-order chi connectivity index (χ0) is 19.6. The summed E-state index contributed by atoms with van der Waals surface area (Å²) in [7, 11) is 4.50. The summed E-state index contributed by atoms with van der Waals surface area (Å²) in [5.74, 6) is 0.439. The van der Waals surface area contributed by atoms with Crippen molar-refractivity contribution in [3.63, 3.8) is 0 Å². The molecule has 27 heavy (non-hydrogen) atoms. The van der Waals surface area contributed by atoms with Gasteiger partial charge < -0.3 is 24.3 Å². The molecular formula is C20H23NO6. The van der Waals surface area contributed by atoms with E-state index in [1.165, 1.54) is 21.3 Å². The van der Waals surface area contributed by atoms with Crippen LogP contribution in [-0.4, -0.2) is 39.8 Å². The highest BCUT2D eigenvalue weighted by Crippen LogP contribution is 2.38. The maximum atomic E-state index is 12.0. The molecule has 1 amide bonds. The average Bonchev–Trinajstić information content (AvgIpc) is 2.70. The molecule has 0 radical (unpaired) electrons. The highest BCUT2D eigenvalue weighted by molar-refractivity contribution is 5.81. The average molecular weight is 373 g/mol. The Kier molecular flexibility index (Phi) is 7.49. The number of carbonyl (C=O) groups is 2. The normalized spacial score (nSPS) is 10.0. The third kappa shape index (κ3) is 5.91. The number of benzene rings is 2. The predicted octanol–water partition coefficient (Wildman–Crippen LogP) is 2.11. The first-order valence-corrected chi connectivity index (χ1v) is 8.32. The molecule has 0 heterocycles. The minimum absolute atomic E-state index is 0.0251.